The quantitative estimate of drug-likeness (QED) is 0.747. The number of benzene rings is 1. The van der Waals surface area contributed by atoms with Crippen LogP contribution in [0.4, 0.5) is 5.82 Å². The Balaban J connectivity index is 1.47. The number of likely N-dealkylation sites (N-methyl/N-ethyl adjacent to an activating group) is 1. The lowest BCUT2D eigenvalue weighted by molar-refractivity contribution is -0.146. The number of hydrogen-bond donors (Lipinski definition) is 1. The highest BCUT2D eigenvalue weighted by Crippen LogP contribution is 2.37. The van der Waals surface area contributed by atoms with Gasteiger partial charge in [0, 0.05) is 31.9 Å². The molecule has 0 unspecified atom stereocenters. The molecule has 1 aromatic carbocycles. The Hall–Kier alpha value is -2.51. The number of hydrogen-bond acceptors (Lipinski definition) is 6. The molecule has 2 fully saturated rings. The summed E-state index contributed by atoms with van der Waals surface area (Å²) in [6.45, 7) is 5.28. The number of rotatable bonds is 6. The molecule has 1 aromatic heterocycles. The number of carbonyl (C=O) groups is 1. The first kappa shape index (κ1) is 22.7. The molecule has 1 amide bonds. The Kier molecular flexibility index (Phi) is 6.49. The number of aliphatic hydroxyl groups is 1. The first-order valence-electron chi connectivity index (χ1n) is 11.5. The normalized spacial score (nSPS) is 23.3. The van der Waals surface area contributed by atoms with E-state index in [1.807, 2.05) is 38.2 Å². The second kappa shape index (κ2) is 9.16. The zero-order valence-electron chi connectivity index (χ0n) is 19.5. The van der Waals surface area contributed by atoms with E-state index in [2.05, 4.69) is 38.9 Å². The molecule has 0 saturated carbocycles. The van der Waals surface area contributed by atoms with E-state index in [1.54, 1.807) is 11.2 Å². The summed E-state index contributed by atoms with van der Waals surface area (Å²) in [5, 5.41) is 11.3. The molecule has 0 radical (unpaired) electrons. The highest BCUT2D eigenvalue weighted by Gasteiger charge is 2.45. The number of aromatic nitrogens is 2. The van der Waals surface area contributed by atoms with Crippen LogP contribution in [-0.4, -0.2) is 83.2 Å². The fourth-order valence-electron chi connectivity index (χ4n) is 5.21. The zero-order valence-corrected chi connectivity index (χ0v) is 19.5. The summed E-state index contributed by atoms with van der Waals surface area (Å²) in [4.78, 5) is 28.5. The molecule has 0 spiro atoms. The summed E-state index contributed by atoms with van der Waals surface area (Å²) in [5.41, 5.74) is 0.746. The van der Waals surface area contributed by atoms with Crippen LogP contribution in [-0.2, 0) is 11.2 Å². The van der Waals surface area contributed by atoms with E-state index >= 15 is 0 Å². The largest absolute Gasteiger partial charge is 0.386 e. The van der Waals surface area contributed by atoms with Crippen molar-refractivity contribution in [1.29, 1.82) is 0 Å². The third kappa shape index (κ3) is 4.94. The molecule has 2 aliphatic rings. The van der Waals surface area contributed by atoms with E-state index in [-0.39, 0.29) is 5.91 Å². The number of likely N-dealkylation sites (tertiary alicyclic amines) is 1. The lowest BCUT2D eigenvalue weighted by Crippen LogP contribution is -2.53. The van der Waals surface area contributed by atoms with Gasteiger partial charge in [0.1, 0.15) is 17.7 Å². The van der Waals surface area contributed by atoms with Crippen molar-refractivity contribution in [3.63, 3.8) is 0 Å². The SMILES string of the molecule is Cc1cc(N2CC[C@](O)(CN(C)C(=O)C3(Cc4ccccc4)CCN(C)CC3)C2)ncn1. The first-order chi connectivity index (χ1) is 15.3. The summed E-state index contributed by atoms with van der Waals surface area (Å²) in [6.07, 6.45) is 4.60. The van der Waals surface area contributed by atoms with Gasteiger partial charge in [0.25, 0.3) is 0 Å². The lowest BCUT2D eigenvalue weighted by Gasteiger charge is -2.43. The third-order valence-corrected chi connectivity index (χ3v) is 7.11. The highest BCUT2D eigenvalue weighted by atomic mass is 16.3. The fraction of sp³-hybridized carbons (Fsp3) is 0.560. The minimum absolute atomic E-state index is 0.152. The van der Waals surface area contributed by atoms with Crippen molar-refractivity contribution in [1.82, 2.24) is 19.8 Å². The molecule has 32 heavy (non-hydrogen) atoms. The van der Waals surface area contributed by atoms with Crippen molar-refractivity contribution < 1.29 is 9.90 Å². The summed E-state index contributed by atoms with van der Waals surface area (Å²) >= 11 is 0. The van der Waals surface area contributed by atoms with E-state index in [0.717, 1.165) is 50.4 Å². The Bertz CT molecular complexity index is 929. The van der Waals surface area contributed by atoms with Crippen LogP contribution in [0.15, 0.2) is 42.7 Å². The van der Waals surface area contributed by atoms with Gasteiger partial charge in [-0.25, -0.2) is 9.97 Å². The predicted octanol–water partition coefficient (Wildman–Crippen LogP) is 2.14. The highest BCUT2D eigenvalue weighted by molar-refractivity contribution is 5.83. The number of β-amino-alcohol motifs (C(OH)–C–C–N with tert-alkyl or cyclic N) is 1. The van der Waals surface area contributed by atoms with Crippen molar-refractivity contribution in [3.8, 4) is 0 Å². The molecule has 7 heteroatoms. The van der Waals surface area contributed by atoms with Crippen LogP contribution in [0.3, 0.4) is 0 Å². The van der Waals surface area contributed by atoms with Crippen LogP contribution in [0.1, 0.15) is 30.5 Å². The van der Waals surface area contributed by atoms with Crippen molar-refractivity contribution in [3.05, 3.63) is 54.0 Å². The molecule has 1 N–H and O–H groups in total. The Morgan fingerprint density at radius 3 is 2.53 bits per heavy atom. The average Bonchev–Trinajstić information content (AvgIpc) is 3.17. The van der Waals surface area contributed by atoms with E-state index in [4.69, 9.17) is 0 Å². The summed E-state index contributed by atoms with van der Waals surface area (Å²) in [7, 11) is 3.97. The number of piperidine rings is 1. The molecule has 0 bridgehead atoms. The molecular weight excluding hydrogens is 402 g/mol. The Morgan fingerprint density at radius 1 is 1.12 bits per heavy atom. The first-order valence-corrected chi connectivity index (χ1v) is 11.5. The predicted molar refractivity (Wildman–Crippen MR) is 125 cm³/mol. The van der Waals surface area contributed by atoms with Gasteiger partial charge in [-0.3, -0.25) is 4.79 Å². The lowest BCUT2D eigenvalue weighted by atomic mass is 9.72. The molecule has 2 saturated heterocycles. The van der Waals surface area contributed by atoms with Crippen molar-refractivity contribution in [2.45, 2.75) is 38.2 Å². The average molecular weight is 438 g/mol. The second-order valence-electron chi connectivity index (χ2n) is 9.82. The van der Waals surface area contributed by atoms with Crippen LogP contribution in [0, 0.1) is 12.3 Å². The van der Waals surface area contributed by atoms with Crippen LogP contribution in [0.25, 0.3) is 0 Å². The summed E-state index contributed by atoms with van der Waals surface area (Å²) in [6, 6.07) is 12.2. The van der Waals surface area contributed by atoms with Gasteiger partial charge in [-0.15, -0.1) is 0 Å². The van der Waals surface area contributed by atoms with Gasteiger partial charge < -0.3 is 19.8 Å². The molecule has 1 atom stereocenters. The molecule has 0 aliphatic carbocycles. The monoisotopic (exact) mass is 437 g/mol. The zero-order chi connectivity index (χ0) is 22.8. The van der Waals surface area contributed by atoms with Gasteiger partial charge in [-0.05, 0) is 58.3 Å². The van der Waals surface area contributed by atoms with Crippen LogP contribution < -0.4 is 4.90 Å². The van der Waals surface area contributed by atoms with E-state index in [0.29, 0.717) is 19.5 Å². The number of carbonyl (C=O) groups excluding carboxylic acids is 1. The Morgan fingerprint density at radius 2 is 1.84 bits per heavy atom. The van der Waals surface area contributed by atoms with Crippen LogP contribution >= 0.6 is 0 Å². The number of amides is 1. The Labute approximate surface area is 191 Å². The molecule has 7 nitrogen and oxygen atoms in total. The minimum Gasteiger partial charge on any atom is -0.386 e. The van der Waals surface area contributed by atoms with Gasteiger partial charge in [-0.1, -0.05) is 30.3 Å². The molecule has 172 valence electrons. The van der Waals surface area contributed by atoms with E-state index in [9.17, 15) is 9.90 Å². The smallest absolute Gasteiger partial charge is 0.229 e. The maximum Gasteiger partial charge on any atom is 0.229 e. The molecule has 3 heterocycles. The fourth-order valence-corrected chi connectivity index (χ4v) is 5.21. The topological polar surface area (TPSA) is 72.8 Å². The van der Waals surface area contributed by atoms with Crippen molar-refractivity contribution in [2.24, 2.45) is 5.41 Å². The van der Waals surface area contributed by atoms with E-state index in [1.165, 1.54) is 5.56 Å². The summed E-state index contributed by atoms with van der Waals surface area (Å²) < 4.78 is 0. The maximum atomic E-state index is 13.8. The van der Waals surface area contributed by atoms with Gasteiger partial charge in [-0.2, -0.15) is 0 Å². The number of aryl methyl sites for hydroxylation is 1. The standard InChI is InChI=1S/C25H35N5O2/c1-20-15-22(27-19-26-20)30-14-11-25(32,18-30)17-29(3)23(31)24(9-12-28(2)13-10-24)16-21-7-5-4-6-8-21/h4-8,15,19,32H,9-14,16-18H2,1-3H3/t25-/m0/s1. The van der Waals surface area contributed by atoms with Gasteiger partial charge in [0.15, 0.2) is 0 Å². The van der Waals surface area contributed by atoms with Gasteiger partial charge in [0.05, 0.1) is 12.0 Å². The molecular formula is C25H35N5O2. The van der Waals surface area contributed by atoms with Crippen LogP contribution in [0.2, 0.25) is 0 Å². The van der Waals surface area contributed by atoms with E-state index < -0.39 is 11.0 Å². The number of anilines is 1. The second-order valence-corrected chi connectivity index (χ2v) is 9.82. The molecule has 4 rings (SSSR count). The number of nitrogens with zero attached hydrogens (tertiary/aromatic N) is 5. The van der Waals surface area contributed by atoms with Crippen LogP contribution in [0.5, 0.6) is 0 Å². The van der Waals surface area contributed by atoms with Gasteiger partial charge >= 0.3 is 0 Å². The van der Waals surface area contributed by atoms with Gasteiger partial charge in [0.2, 0.25) is 5.91 Å². The molecule has 2 aromatic rings. The molecule has 2 aliphatic heterocycles. The summed E-state index contributed by atoms with van der Waals surface area (Å²) in [5.74, 6) is 0.984. The van der Waals surface area contributed by atoms with Crippen molar-refractivity contribution >= 4 is 11.7 Å². The minimum atomic E-state index is -0.942. The third-order valence-electron chi connectivity index (χ3n) is 7.11. The maximum absolute atomic E-state index is 13.8. The van der Waals surface area contributed by atoms with Crippen molar-refractivity contribution in [2.75, 3.05) is 51.7 Å².